The van der Waals surface area contributed by atoms with Gasteiger partial charge in [0.1, 0.15) is 18.1 Å². The Morgan fingerprint density at radius 1 is 1.42 bits per heavy atom. The number of amides is 1. The average molecular weight is 511 g/mol. The minimum Gasteiger partial charge on any atom is -0.390 e. The van der Waals surface area contributed by atoms with Crippen molar-refractivity contribution < 1.29 is 37.5 Å². The van der Waals surface area contributed by atoms with Crippen LogP contribution >= 0.6 is 0 Å². The molecule has 0 unspecified atom stereocenters. The number of alkyl halides is 3. The number of anilines is 1. The van der Waals surface area contributed by atoms with Crippen LogP contribution in [0.1, 0.15) is 23.8 Å². The summed E-state index contributed by atoms with van der Waals surface area (Å²) in [5, 5.41) is 23.3. The van der Waals surface area contributed by atoms with Gasteiger partial charge in [-0.1, -0.05) is 11.8 Å². The largest absolute Gasteiger partial charge is 0.471 e. The molecule has 0 saturated carbocycles. The van der Waals surface area contributed by atoms with E-state index >= 15 is 0 Å². The second-order valence-corrected chi connectivity index (χ2v) is 7.57. The number of ether oxygens (including phenoxy) is 2. The smallest absolute Gasteiger partial charge is 0.390 e. The summed E-state index contributed by atoms with van der Waals surface area (Å²) in [5.41, 5.74) is 4.80. The van der Waals surface area contributed by atoms with Crippen molar-refractivity contribution in [3.63, 3.8) is 0 Å². The number of nitrogens with one attached hydrogen (secondary N) is 1. The van der Waals surface area contributed by atoms with Crippen molar-refractivity contribution in [2.75, 3.05) is 18.9 Å². The van der Waals surface area contributed by atoms with Crippen LogP contribution in [0.3, 0.4) is 0 Å². The first-order valence-electron chi connectivity index (χ1n) is 10.3. The summed E-state index contributed by atoms with van der Waals surface area (Å²) < 4.78 is 48.8. The maximum Gasteiger partial charge on any atom is 0.471 e. The van der Waals surface area contributed by atoms with Gasteiger partial charge in [0.15, 0.2) is 0 Å². The minimum absolute atomic E-state index is 0.0431. The Kier molecular flexibility index (Phi) is 8.25. The van der Waals surface area contributed by atoms with Crippen LogP contribution in [0, 0.1) is 22.0 Å². The topological polar surface area (TPSA) is 172 Å². The predicted molar refractivity (Wildman–Crippen MR) is 116 cm³/mol. The van der Waals surface area contributed by atoms with Gasteiger partial charge in [-0.2, -0.15) is 18.2 Å². The number of aliphatic hydroxyl groups is 1. The molecule has 0 radical (unpaired) electrons. The molecule has 0 spiro atoms. The fourth-order valence-electron chi connectivity index (χ4n) is 3.27. The molecule has 0 bridgehead atoms. The summed E-state index contributed by atoms with van der Waals surface area (Å²) in [4.78, 5) is 37.1. The van der Waals surface area contributed by atoms with E-state index < -0.39 is 47.7 Å². The van der Waals surface area contributed by atoms with Crippen molar-refractivity contribution in [2.45, 2.75) is 37.6 Å². The first-order chi connectivity index (χ1) is 17.0. The van der Waals surface area contributed by atoms with Crippen LogP contribution in [-0.2, 0) is 20.9 Å². The Morgan fingerprint density at radius 3 is 2.83 bits per heavy atom. The van der Waals surface area contributed by atoms with Crippen LogP contribution in [0.15, 0.2) is 35.3 Å². The molecule has 1 aliphatic heterocycles. The van der Waals surface area contributed by atoms with Gasteiger partial charge >= 0.3 is 17.8 Å². The van der Waals surface area contributed by atoms with Crippen LogP contribution < -0.4 is 16.7 Å². The Hall–Kier alpha value is -4.00. The van der Waals surface area contributed by atoms with Crippen molar-refractivity contribution in [1.82, 2.24) is 14.9 Å². The molecule has 36 heavy (non-hydrogen) atoms. The fraction of sp³-hybridized carbons (Fsp3) is 0.381. The second-order valence-electron chi connectivity index (χ2n) is 7.57. The van der Waals surface area contributed by atoms with Crippen molar-refractivity contribution in [3.8, 4) is 11.8 Å². The van der Waals surface area contributed by atoms with E-state index in [4.69, 9.17) is 15.2 Å². The number of aliphatic hydroxyl groups excluding tert-OH is 1. The zero-order valence-electron chi connectivity index (χ0n) is 18.4. The number of nitro groups is 1. The van der Waals surface area contributed by atoms with Gasteiger partial charge in [0, 0.05) is 24.2 Å². The van der Waals surface area contributed by atoms with Gasteiger partial charge in [-0.3, -0.25) is 19.5 Å². The lowest BCUT2D eigenvalue weighted by Crippen LogP contribution is -2.36. The van der Waals surface area contributed by atoms with Crippen molar-refractivity contribution >= 4 is 17.4 Å². The third kappa shape index (κ3) is 6.78. The quantitative estimate of drug-likeness (QED) is 0.274. The standard InChI is InChI=1S/C21H20F3N5O7/c22-21(23,24)19(31)26-6-1-2-12-3-4-13(14(8-12)29(33)34)10-35-11-16-15(30)9-18(36-16)28-7-5-17(25)27-20(28)32/h3-5,7-8,15-16,18,30H,6,9-11H2,(H,26,31)(H2,25,27,32)/t15-,16+,18+/m0/s1. The van der Waals surface area contributed by atoms with Gasteiger partial charge in [0.2, 0.25) is 0 Å². The Bertz CT molecular complexity index is 1250. The molecule has 12 nitrogen and oxygen atoms in total. The minimum atomic E-state index is -5.03. The highest BCUT2D eigenvalue weighted by Crippen LogP contribution is 2.28. The number of rotatable bonds is 7. The molecule has 0 aliphatic carbocycles. The highest BCUT2D eigenvalue weighted by atomic mass is 19.4. The number of hydrogen-bond donors (Lipinski definition) is 3. The molecule has 1 aliphatic rings. The van der Waals surface area contributed by atoms with Gasteiger partial charge in [0.25, 0.3) is 5.69 Å². The number of nitrogen functional groups attached to an aromatic ring is 1. The summed E-state index contributed by atoms with van der Waals surface area (Å²) in [6, 6.07) is 5.30. The number of aromatic nitrogens is 2. The molecule has 1 amide bonds. The maximum absolute atomic E-state index is 12.1. The van der Waals surface area contributed by atoms with E-state index in [-0.39, 0.29) is 42.3 Å². The number of nitrogens with two attached hydrogens (primary N) is 1. The fourth-order valence-corrected chi connectivity index (χ4v) is 3.27. The first-order valence-corrected chi connectivity index (χ1v) is 10.3. The third-order valence-corrected chi connectivity index (χ3v) is 5.02. The number of hydrogen-bond acceptors (Lipinski definition) is 9. The lowest BCUT2D eigenvalue weighted by atomic mass is 10.1. The molecule has 4 N–H and O–H groups in total. The summed E-state index contributed by atoms with van der Waals surface area (Å²) in [7, 11) is 0. The molecule has 3 rings (SSSR count). The van der Waals surface area contributed by atoms with Crippen molar-refractivity contribution in [1.29, 1.82) is 0 Å². The molecule has 1 aromatic carbocycles. The molecule has 1 aromatic heterocycles. The van der Waals surface area contributed by atoms with E-state index in [0.29, 0.717) is 0 Å². The lowest BCUT2D eigenvalue weighted by Gasteiger charge is -2.16. The van der Waals surface area contributed by atoms with Gasteiger partial charge < -0.3 is 25.6 Å². The number of halogens is 3. The number of benzene rings is 1. The molecular weight excluding hydrogens is 491 g/mol. The highest BCUT2D eigenvalue weighted by Gasteiger charge is 2.38. The molecule has 1 fully saturated rings. The van der Waals surface area contributed by atoms with Crippen LogP contribution in [0.4, 0.5) is 24.7 Å². The number of carbonyl (C=O) groups excluding carboxylic acids is 1. The predicted octanol–water partition coefficient (Wildman–Crippen LogP) is 0.629. The average Bonchev–Trinajstić information content (AvgIpc) is 3.16. The Balaban J connectivity index is 1.58. The van der Waals surface area contributed by atoms with Crippen LogP contribution in [0.2, 0.25) is 0 Å². The normalized spacial score (nSPS) is 19.4. The van der Waals surface area contributed by atoms with Crippen LogP contribution in [0.25, 0.3) is 0 Å². The zero-order chi connectivity index (χ0) is 26.5. The monoisotopic (exact) mass is 511 g/mol. The van der Waals surface area contributed by atoms with E-state index in [0.717, 1.165) is 6.07 Å². The molecule has 2 aromatic rings. The lowest BCUT2D eigenvalue weighted by molar-refractivity contribution is -0.386. The molecule has 2 heterocycles. The number of carbonyl (C=O) groups is 1. The zero-order valence-corrected chi connectivity index (χ0v) is 18.4. The highest BCUT2D eigenvalue weighted by molar-refractivity contribution is 5.81. The van der Waals surface area contributed by atoms with Gasteiger partial charge in [-0.05, 0) is 18.2 Å². The third-order valence-electron chi connectivity index (χ3n) is 5.02. The van der Waals surface area contributed by atoms with Gasteiger partial charge in [-0.25, -0.2) is 4.79 Å². The van der Waals surface area contributed by atoms with Crippen LogP contribution in [-0.4, -0.2) is 57.0 Å². The molecule has 15 heteroatoms. The molecule has 192 valence electrons. The Labute approximate surface area is 201 Å². The van der Waals surface area contributed by atoms with E-state index in [2.05, 4.69) is 16.8 Å². The van der Waals surface area contributed by atoms with E-state index in [9.17, 15) is 38.0 Å². The summed E-state index contributed by atoms with van der Waals surface area (Å²) in [5.74, 6) is 2.62. The van der Waals surface area contributed by atoms with Crippen LogP contribution in [0.5, 0.6) is 0 Å². The number of nitrogens with zero attached hydrogens (tertiary/aromatic N) is 3. The van der Waals surface area contributed by atoms with Crippen molar-refractivity contribution in [3.05, 3.63) is 62.2 Å². The summed E-state index contributed by atoms with van der Waals surface area (Å²) in [6.45, 7) is -0.945. The van der Waals surface area contributed by atoms with E-state index in [1.54, 1.807) is 5.32 Å². The second kappa shape index (κ2) is 11.2. The van der Waals surface area contributed by atoms with E-state index in [1.807, 2.05) is 0 Å². The first kappa shape index (κ1) is 26.6. The molecule has 3 atom stereocenters. The summed E-state index contributed by atoms with van der Waals surface area (Å²) in [6.07, 6.45) is -6.11. The SMILES string of the molecule is Nc1ccn([C@H]2C[C@H](O)[C@@H](COCc3ccc(C#CCNC(=O)C(F)(F)F)cc3[N+](=O)[O-])O2)c(=O)n1. The summed E-state index contributed by atoms with van der Waals surface area (Å²) >= 11 is 0. The van der Waals surface area contributed by atoms with Gasteiger partial charge in [-0.15, -0.1) is 0 Å². The van der Waals surface area contributed by atoms with Gasteiger partial charge in [0.05, 0.1) is 36.3 Å². The van der Waals surface area contributed by atoms with Crippen molar-refractivity contribution in [2.24, 2.45) is 0 Å². The number of nitro benzene ring substituents is 1. The molecular formula is C21H20F3N5O7. The maximum atomic E-state index is 12.1. The van der Waals surface area contributed by atoms with E-state index in [1.165, 1.54) is 29.0 Å². The Morgan fingerprint density at radius 2 is 2.17 bits per heavy atom. The molecule has 1 saturated heterocycles.